The van der Waals surface area contributed by atoms with Crippen molar-refractivity contribution in [2.75, 3.05) is 11.9 Å². The maximum absolute atomic E-state index is 13.2. The van der Waals surface area contributed by atoms with Gasteiger partial charge < -0.3 is 9.32 Å². The minimum atomic E-state index is -0.615. The van der Waals surface area contributed by atoms with E-state index in [0.29, 0.717) is 11.1 Å². The number of carbonyl (C=O) groups is 1. The molecule has 0 saturated carbocycles. The zero-order valence-corrected chi connectivity index (χ0v) is 18.0. The van der Waals surface area contributed by atoms with E-state index in [9.17, 15) is 9.59 Å². The monoisotopic (exact) mass is 409 g/mol. The minimum absolute atomic E-state index is 0.0499. The highest BCUT2D eigenvalue weighted by molar-refractivity contribution is 6.11. The van der Waals surface area contributed by atoms with Crippen molar-refractivity contribution in [1.29, 1.82) is 0 Å². The molecule has 4 aromatic rings. The third kappa shape index (κ3) is 3.07. The molecule has 4 heteroatoms. The molecule has 0 amide bonds. The molecule has 1 aromatic heterocycles. The molecule has 1 aliphatic rings. The van der Waals surface area contributed by atoms with Gasteiger partial charge in [0.15, 0.2) is 5.78 Å². The lowest BCUT2D eigenvalue weighted by Gasteiger charge is -2.40. The lowest BCUT2D eigenvalue weighted by Crippen LogP contribution is -2.42. The van der Waals surface area contributed by atoms with Gasteiger partial charge in [0.2, 0.25) is 0 Å². The number of anilines is 1. The van der Waals surface area contributed by atoms with Gasteiger partial charge in [-0.15, -0.1) is 0 Å². The molecule has 0 spiro atoms. The van der Waals surface area contributed by atoms with Crippen LogP contribution in [-0.2, 0) is 0 Å². The molecule has 5 rings (SSSR count). The Labute approximate surface area is 180 Å². The van der Waals surface area contributed by atoms with Crippen LogP contribution in [0.4, 0.5) is 5.69 Å². The van der Waals surface area contributed by atoms with Crippen molar-refractivity contribution < 1.29 is 9.21 Å². The smallest absolute Gasteiger partial charge is 0.347 e. The summed E-state index contributed by atoms with van der Waals surface area (Å²) in [7, 11) is 2.03. The molecule has 0 fully saturated rings. The average molecular weight is 409 g/mol. The molecular formula is C27H23NO3. The second-order valence-corrected chi connectivity index (χ2v) is 8.79. The fourth-order valence-electron chi connectivity index (χ4n) is 4.41. The Hall–Kier alpha value is -3.66. The van der Waals surface area contributed by atoms with E-state index in [4.69, 9.17) is 4.42 Å². The SMILES string of the molecule is CC1=CC(C)(C)N(C)c2cc3oc(=O)c(C(=O)c4ccc5ccccc5c4)cc3cc21. The molecule has 0 unspecified atom stereocenters. The predicted octanol–water partition coefficient (Wildman–Crippen LogP) is 5.81. The normalized spacial score (nSPS) is 15.1. The van der Waals surface area contributed by atoms with Crippen LogP contribution in [0.25, 0.3) is 27.3 Å². The zero-order valence-electron chi connectivity index (χ0n) is 18.0. The molecule has 154 valence electrons. The Morgan fingerprint density at radius 2 is 1.68 bits per heavy atom. The highest BCUT2D eigenvalue weighted by Crippen LogP contribution is 2.40. The van der Waals surface area contributed by atoms with E-state index >= 15 is 0 Å². The third-order valence-corrected chi connectivity index (χ3v) is 6.33. The Morgan fingerprint density at radius 3 is 2.45 bits per heavy atom. The number of rotatable bonds is 2. The van der Waals surface area contributed by atoms with Crippen molar-refractivity contribution in [2.45, 2.75) is 26.3 Å². The third-order valence-electron chi connectivity index (χ3n) is 6.33. The average Bonchev–Trinajstić information content (AvgIpc) is 2.75. The lowest BCUT2D eigenvalue weighted by atomic mass is 9.88. The van der Waals surface area contributed by atoms with E-state index in [2.05, 4.69) is 31.7 Å². The maximum atomic E-state index is 13.2. The van der Waals surface area contributed by atoms with Crippen molar-refractivity contribution in [1.82, 2.24) is 0 Å². The topological polar surface area (TPSA) is 50.5 Å². The Bertz CT molecular complexity index is 1470. The molecule has 0 bridgehead atoms. The van der Waals surface area contributed by atoms with Gasteiger partial charge in [0, 0.05) is 35.3 Å². The summed E-state index contributed by atoms with van der Waals surface area (Å²) in [4.78, 5) is 28.1. The van der Waals surface area contributed by atoms with Crippen LogP contribution in [-0.4, -0.2) is 18.4 Å². The highest BCUT2D eigenvalue weighted by Gasteiger charge is 2.29. The van der Waals surface area contributed by atoms with E-state index < -0.39 is 5.63 Å². The fourth-order valence-corrected chi connectivity index (χ4v) is 4.41. The predicted molar refractivity (Wildman–Crippen MR) is 126 cm³/mol. The highest BCUT2D eigenvalue weighted by atomic mass is 16.4. The van der Waals surface area contributed by atoms with Gasteiger partial charge in [-0.2, -0.15) is 0 Å². The molecule has 31 heavy (non-hydrogen) atoms. The van der Waals surface area contributed by atoms with Gasteiger partial charge in [-0.05, 0) is 55.3 Å². The van der Waals surface area contributed by atoms with Crippen LogP contribution in [0.5, 0.6) is 0 Å². The summed E-state index contributed by atoms with van der Waals surface area (Å²) in [5, 5.41) is 2.74. The first kappa shape index (κ1) is 19.3. The van der Waals surface area contributed by atoms with Crippen molar-refractivity contribution >= 4 is 38.8 Å². The fraction of sp³-hybridized carbons (Fsp3) is 0.185. The van der Waals surface area contributed by atoms with Crippen LogP contribution in [0.2, 0.25) is 0 Å². The largest absolute Gasteiger partial charge is 0.422 e. The van der Waals surface area contributed by atoms with Crippen molar-refractivity contribution in [3.63, 3.8) is 0 Å². The van der Waals surface area contributed by atoms with E-state index in [0.717, 1.165) is 33.0 Å². The van der Waals surface area contributed by atoms with Gasteiger partial charge in [0.25, 0.3) is 0 Å². The number of hydrogen-bond acceptors (Lipinski definition) is 4. The molecule has 3 aromatic carbocycles. The second kappa shape index (κ2) is 6.67. The summed E-state index contributed by atoms with van der Waals surface area (Å²) >= 11 is 0. The van der Waals surface area contributed by atoms with Crippen LogP contribution in [0.3, 0.4) is 0 Å². The first-order valence-corrected chi connectivity index (χ1v) is 10.3. The summed E-state index contributed by atoms with van der Waals surface area (Å²) in [6.45, 7) is 6.37. The molecule has 0 radical (unpaired) electrons. The molecule has 0 atom stereocenters. The number of nitrogens with zero attached hydrogens (tertiary/aromatic N) is 1. The molecule has 0 N–H and O–H groups in total. The summed E-state index contributed by atoms with van der Waals surface area (Å²) in [5.74, 6) is -0.329. The van der Waals surface area contributed by atoms with Gasteiger partial charge in [-0.1, -0.05) is 42.5 Å². The van der Waals surface area contributed by atoms with Crippen LogP contribution in [0.1, 0.15) is 42.3 Å². The summed E-state index contributed by atoms with van der Waals surface area (Å²) in [6, 6.07) is 18.9. The number of benzene rings is 3. The van der Waals surface area contributed by atoms with Gasteiger partial charge >= 0.3 is 5.63 Å². The van der Waals surface area contributed by atoms with Crippen LogP contribution >= 0.6 is 0 Å². The first-order chi connectivity index (χ1) is 14.7. The summed E-state index contributed by atoms with van der Waals surface area (Å²) in [5.41, 5.74) is 3.49. The molecule has 1 aliphatic heterocycles. The van der Waals surface area contributed by atoms with Gasteiger partial charge in [-0.3, -0.25) is 4.79 Å². The zero-order chi connectivity index (χ0) is 21.9. The van der Waals surface area contributed by atoms with Crippen LogP contribution in [0, 0.1) is 0 Å². The van der Waals surface area contributed by atoms with Crippen molar-refractivity contribution in [3.8, 4) is 0 Å². The molecule has 2 heterocycles. The standard InChI is InChI=1S/C27H23NO3/c1-16-15-27(2,3)28(4)23-14-24-20(12-21(16)23)13-22(26(30)31-24)25(29)19-10-9-17-7-5-6-8-18(17)11-19/h5-15H,1-4H3. The Morgan fingerprint density at radius 1 is 0.935 bits per heavy atom. The molecule has 0 saturated heterocycles. The maximum Gasteiger partial charge on any atom is 0.347 e. The van der Waals surface area contributed by atoms with Crippen molar-refractivity contribution in [2.24, 2.45) is 0 Å². The number of ketones is 1. The molecular weight excluding hydrogens is 386 g/mol. The Balaban J connectivity index is 1.65. The minimum Gasteiger partial charge on any atom is -0.422 e. The second-order valence-electron chi connectivity index (χ2n) is 8.79. The van der Waals surface area contributed by atoms with Gasteiger partial charge in [-0.25, -0.2) is 4.79 Å². The number of allylic oxidation sites excluding steroid dienone is 1. The Kier molecular flexibility index (Phi) is 4.16. The van der Waals surface area contributed by atoms with Gasteiger partial charge in [0.1, 0.15) is 11.1 Å². The number of likely N-dealkylation sites (N-methyl/N-ethyl adjacent to an activating group) is 1. The number of fused-ring (bicyclic) bond motifs is 3. The quantitative estimate of drug-likeness (QED) is 0.310. The van der Waals surface area contributed by atoms with E-state index in [-0.39, 0.29) is 16.9 Å². The lowest BCUT2D eigenvalue weighted by molar-refractivity contribution is 0.103. The van der Waals surface area contributed by atoms with Crippen molar-refractivity contribution in [3.05, 3.63) is 93.9 Å². The summed E-state index contributed by atoms with van der Waals surface area (Å²) < 4.78 is 5.62. The molecule has 0 aliphatic carbocycles. The van der Waals surface area contributed by atoms with Crippen LogP contribution < -0.4 is 10.5 Å². The summed E-state index contributed by atoms with van der Waals surface area (Å²) in [6.07, 6.45) is 2.22. The van der Waals surface area contributed by atoms with E-state index in [1.807, 2.05) is 55.6 Å². The van der Waals surface area contributed by atoms with Crippen LogP contribution in [0.15, 0.2) is 76.0 Å². The van der Waals surface area contributed by atoms with E-state index in [1.165, 1.54) is 0 Å². The first-order valence-electron chi connectivity index (χ1n) is 10.3. The number of carbonyl (C=O) groups excluding carboxylic acids is 1. The van der Waals surface area contributed by atoms with E-state index in [1.54, 1.807) is 12.1 Å². The number of hydrogen-bond donors (Lipinski definition) is 0. The molecule has 4 nitrogen and oxygen atoms in total. The van der Waals surface area contributed by atoms with Gasteiger partial charge in [0.05, 0.1) is 5.54 Å².